The quantitative estimate of drug-likeness (QED) is 0.532. The molecular weight excluding hydrogens is 388 g/mol. The summed E-state index contributed by atoms with van der Waals surface area (Å²) < 4.78 is 5.42. The molecule has 3 aromatic rings. The first-order valence-electron chi connectivity index (χ1n) is 10.8. The second-order valence-corrected chi connectivity index (χ2v) is 7.79. The summed E-state index contributed by atoms with van der Waals surface area (Å²) in [7, 11) is 0. The summed E-state index contributed by atoms with van der Waals surface area (Å²) in [4.78, 5) is 13.7. The Bertz CT molecular complexity index is 994. The van der Waals surface area contributed by atoms with Gasteiger partial charge in [0.15, 0.2) is 0 Å². The lowest BCUT2D eigenvalue weighted by atomic mass is 10.0. The largest absolute Gasteiger partial charge is 0.478 e. The highest BCUT2D eigenvalue weighted by atomic mass is 16.5. The smallest absolute Gasteiger partial charge is 0.337 e. The van der Waals surface area contributed by atoms with Crippen LogP contribution in [0.4, 0.5) is 17.1 Å². The molecule has 4 rings (SSSR count). The number of carbonyl (C=O) groups is 1. The number of carboxylic acids is 1. The number of hydrogen-bond acceptors (Lipinski definition) is 4. The number of nitrogens with one attached hydrogen (secondary N) is 1. The highest BCUT2D eigenvalue weighted by molar-refractivity contribution is 5.95. The SMILES string of the molecule is O=C(O)c1ccccc1Nc1ccc(CCCc2ccc(N3CCOCC3)cc2)cc1. The van der Waals surface area contributed by atoms with E-state index in [0.717, 1.165) is 51.3 Å². The molecule has 1 aliphatic heterocycles. The summed E-state index contributed by atoms with van der Waals surface area (Å²) in [5.74, 6) is -0.933. The van der Waals surface area contributed by atoms with Crippen LogP contribution >= 0.6 is 0 Å². The predicted octanol–water partition coefficient (Wildman–Crippen LogP) is 5.14. The zero-order valence-electron chi connectivity index (χ0n) is 17.6. The van der Waals surface area contributed by atoms with E-state index in [9.17, 15) is 9.90 Å². The third kappa shape index (κ3) is 5.64. The Balaban J connectivity index is 1.27. The zero-order chi connectivity index (χ0) is 21.5. The third-order valence-corrected chi connectivity index (χ3v) is 5.63. The number of ether oxygens (including phenoxy) is 1. The Morgan fingerprint density at radius 1 is 0.871 bits per heavy atom. The number of aromatic carboxylic acids is 1. The lowest BCUT2D eigenvalue weighted by Gasteiger charge is -2.28. The van der Waals surface area contributed by atoms with Gasteiger partial charge in [-0.05, 0) is 66.8 Å². The lowest BCUT2D eigenvalue weighted by molar-refractivity contribution is 0.0698. The van der Waals surface area contributed by atoms with Crippen LogP contribution in [0.1, 0.15) is 27.9 Å². The van der Waals surface area contributed by atoms with Crippen molar-refractivity contribution in [3.05, 3.63) is 89.5 Å². The predicted molar refractivity (Wildman–Crippen MR) is 125 cm³/mol. The number of rotatable bonds is 8. The minimum absolute atomic E-state index is 0.270. The minimum Gasteiger partial charge on any atom is -0.478 e. The van der Waals surface area contributed by atoms with Crippen molar-refractivity contribution >= 4 is 23.0 Å². The van der Waals surface area contributed by atoms with Crippen molar-refractivity contribution in [2.45, 2.75) is 19.3 Å². The van der Waals surface area contributed by atoms with E-state index in [1.807, 2.05) is 18.2 Å². The van der Waals surface area contributed by atoms with Crippen LogP contribution in [0, 0.1) is 0 Å². The Morgan fingerprint density at radius 2 is 1.48 bits per heavy atom. The number of hydrogen-bond donors (Lipinski definition) is 2. The Hall–Kier alpha value is -3.31. The fourth-order valence-corrected chi connectivity index (χ4v) is 3.88. The molecule has 0 unspecified atom stereocenters. The van der Waals surface area contributed by atoms with Crippen molar-refractivity contribution < 1.29 is 14.6 Å². The maximum Gasteiger partial charge on any atom is 0.337 e. The number of benzene rings is 3. The molecule has 0 amide bonds. The molecule has 3 aromatic carbocycles. The number of aryl methyl sites for hydroxylation is 2. The van der Waals surface area contributed by atoms with Crippen molar-refractivity contribution in [3.63, 3.8) is 0 Å². The molecule has 0 bridgehead atoms. The summed E-state index contributed by atoms with van der Waals surface area (Å²) in [5, 5.41) is 12.5. The number of anilines is 3. The molecule has 0 spiro atoms. The van der Waals surface area contributed by atoms with Crippen LogP contribution in [0.25, 0.3) is 0 Å². The molecule has 2 N–H and O–H groups in total. The fourth-order valence-electron chi connectivity index (χ4n) is 3.88. The van der Waals surface area contributed by atoms with Gasteiger partial charge in [0.25, 0.3) is 0 Å². The third-order valence-electron chi connectivity index (χ3n) is 5.63. The van der Waals surface area contributed by atoms with Gasteiger partial charge >= 0.3 is 5.97 Å². The van der Waals surface area contributed by atoms with Gasteiger partial charge in [-0.2, -0.15) is 0 Å². The van der Waals surface area contributed by atoms with Crippen LogP contribution in [0.15, 0.2) is 72.8 Å². The van der Waals surface area contributed by atoms with Gasteiger partial charge in [-0.15, -0.1) is 0 Å². The standard InChI is InChI=1S/C26H28N2O3/c29-26(30)24-6-1-2-7-25(24)27-22-12-8-20(9-13-22)4-3-5-21-10-14-23(15-11-21)28-16-18-31-19-17-28/h1-2,6-15,27H,3-5,16-19H2,(H,29,30). The molecule has 1 aliphatic rings. The van der Waals surface area contributed by atoms with Crippen molar-refractivity contribution in [3.8, 4) is 0 Å². The second-order valence-electron chi connectivity index (χ2n) is 7.79. The van der Waals surface area contributed by atoms with Gasteiger partial charge in [-0.25, -0.2) is 4.79 Å². The summed E-state index contributed by atoms with van der Waals surface area (Å²) >= 11 is 0. The number of carboxylic acid groups (broad SMARTS) is 1. The highest BCUT2D eigenvalue weighted by Crippen LogP contribution is 2.22. The van der Waals surface area contributed by atoms with Crippen LogP contribution < -0.4 is 10.2 Å². The summed E-state index contributed by atoms with van der Waals surface area (Å²) in [6.07, 6.45) is 3.15. The van der Waals surface area contributed by atoms with Crippen LogP contribution in [-0.2, 0) is 17.6 Å². The number of para-hydroxylation sites is 1. The van der Waals surface area contributed by atoms with Gasteiger partial charge in [0.05, 0.1) is 24.5 Å². The molecule has 0 aliphatic carbocycles. The zero-order valence-corrected chi connectivity index (χ0v) is 17.6. The van der Waals surface area contributed by atoms with Gasteiger partial charge < -0.3 is 20.1 Å². The summed E-state index contributed by atoms with van der Waals surface area (Å²) in [5.41, 5.74) is 5.67. The molecular formula is C26H28N2O3. The fraction of sp³-hybridized carbons (Fsp3) is 0.269. The summed E-state index contributed by atoms with van der Waals surface area (Å²) in [6, 6.07) is 24.1. The topological polar surface area (TPSA) is 61.8 Å². The van der Waals surface area contributed by atoms with E-state index in [1.54, 1.807) is 18.2 Å². The van der Waals surface area contributed by atoms with E-state index in [2.05, 4.69) is 46.6 Å². The molecule has 0 saturated carbocycles. The highest BCUT2D eigenvalue weighted by Gasteiger charge is 2.11. The van der Waals surface area contributed by atoms with Crippen LogP contribution in [0.3, 0.4) is 0 Å². The van der Waals surface area contributed by atoms with E-state index in [4.69, 9.17) is 4.74 Å². The Labute approximate surface area is 183 Å². The van der Waals surface area contributed by atoms with Crippen LogP contribution in [0.2, 0.25) is 0 Å². The molecule has 0 radical (unpaired) electrons. The van der Waals surface area contributed by atoms with E-state index in [-0.39, 0.29) is 5.56 Å². The van der Waals surface area contributed by atoms with Gasteiger partial charge in [0.1, 0.15) is 0 Å². The molecule has 31 heavy (non-hydrogen) atoms. The molecule has 5 heteroatoms. The molecule has 160 valence electrons. The van der Waals surface area contributed by atoms with Crippen LogP contribution in [0.5, 0.6) is 0 Å². The first-order chi connectivity index (χ1) is 15.2. The Kier molecular flexibility index (Phi) is 6.85. The van der Waals surface area contributed by atoms with Crippen molar-refractivity contribution in [1.29, 1.82) is 0 Å². The summed E-state index contributed by atoms with van der Waals surface area (Å²) in [6.45, 7) is 3.54. The van der Waals surface area contributed by atoms with E-state index >= 15 is 0 Å². The minimum atomic E-state index is -0.933. The average molecular weight is 417 g/mol. The average Bonchev–Trinajstić information content (AvgIpc) is 2.81. The van der Waals surface area contributed by atoms with Gasteiger partial charge in [-0.1, -0.05) is 36.4 Å². The molecule has 1 fully saturated rings. The van der Waals surface area contributed by atoms with E-state index in [1.165, 1.54) is 16.8 Å². The van der Waals surface area contributed by atoms with Crippen LogP contribution in [-0.4, -0.2) is 37.4 Å². The van der Waals surface area contributed by atoms with Crippen molar-refractivity contribution in [2.75, 3.05) is 36.5 Å². The molecule has 1 heterocycles. The first-order valence-corrected chi connectivity index (χ1v) is 10.8. The van der Waals surface area contributed by atoms with Crippen molar-refractivity contribution in [2.24, 2.45) is 0 Å². The van der Waals surface area contributed by atoms with Gasteiger partial charge in [0, 0.05) is 24.5 Å². The monoisotopic (exact) mass is 416 g/mol. The molecule has 1 saturated heterocycles. The molecule has 0 aromatic heterocycles. The van der Waals surface area contributed by atoms with Gasteiger partial charge in [0.2, 0.25) is 0 Å². The maximum absolute atomic E-state index is 11.4. The van der Waals surface area contributed by atoms with E-state index in [0.29, 0.717) is 5.69 Å². The first kappa shape index (κ1) is 20.9. The molecule has 5 nitrogen and oxygen atoms in total. The van der Waals surface area contributed by atoms with E-state index < -0.39 is 5.97 Å². The number of nitrogens with zero attached hydrogens (tertiary/aromatic N) is 1. The Morgan fingerprint density at radius 3 is 2.13 bits per heavy atom. The molecule has 0 atom stereocenters. The van der Waals surface area contributed by atoms with Crippen molar-refractivity contribution in [1.82, 2.24) is 0 Å². The van der Waals surface area contributed by atoms with Gasteiger partial charge in [-0.3, -0.25) is 0 Å². The lowest BCUT2D eigenvalue weighted by Crippen LogP contribution is -2.36. The number of morpholine rings is 1. The normalized spacial score (nSPS) is 13.7. The second kappa shape index (κ2) is 10.1. The maximum atomic E-state index is 11.4.